The highest BCUT2D eigenvalue weighted by Gasteiger charge is 2.39. The van der Waals surface area contributed by atoms with Crippen LogP contribution in [0.25, 0.3) is 0 Å². The first-order chi connectivity index (χ1) is 8.58. The molecule has 0 spiro atoms. The van der Waals surface area contributed by atoms with Gasteiger partial charge in [-0.3, -0.25) is 9.59 Å². The first kappa shape index (κ1) is 15.3. The van der Waals surface area contributed by atoms with Gasteiger partial charge in [-0.1, -0.05) is 19.8 Å². The van der Waals surface area contributed by atoms with Gasteiger partial charge in [-0.25, -0.2) is 0 Å². The lowest BCUT2D eigenvalue weighted by Crippen LogP contribution is -2.44. The highest BCUT2D eigenvalue weighted by Crippen LogP contribution is 2.43. The van der Waals surface area contributed by atoms with Crippen LogP contribution >= 0.6 is 11.8 Å². The molecule has 2 N–H and O–H groups in total. The molecular formula is C13H23NO3S. The van der Waals surface area contributed by atoms with E-state index >= 15 is 0 Å². The molecule has 104 valence electrons. The number of carboxylic acids is 1. The van der Waals surface area contributed by atoms with Crippen molar-refractivity contribution in [2.24, 2.45) is 5.41 Å². The third-order valence-corrected chi connectivity index (χ3v) is 4.52. The largest absolute Gasteiger partial charge is 0.481 e. The molecule has 0 saturated heterocycles. The molecule has 0 heterocycles. The average Bonchev–Trinajstić information content (AvgIpc) is 2.27. The molecule has 1 amide bonds. The zero-order valence-corrected chi connectivity index (χ0v) is 11.9. The van der Waals surface area contributed by atoms with E-state index in [1.54, 1.807) is 11.8 Å². The zero-order valence-electron chi connectivity index (χ0n) is 11.0. The minimum Gasteiger partial charge on any atom is -0.481 e. The predicted octanol–water partition coefficient (Wildman–Crippen LogP) is 2.28. The van der Waals surface area contributed by atoms with Gasteiger partial charge in [0.05, 0.1) is 12.2 Å². The summed E-state index contributed by atoms with van der Waals surface area (Å²) in [6.07, 6.45) is 5.38. The molecule has 1 aliphatic rings. The molecule has 1 fully saturated rings. The summed E-state index contributed by atoms with van der Waals surface area (Å²) in [6, 6.07) is 0. The number of amides is 1. The van der Waals surface area contributed by atoms with E-state index in [2.05, 4.69) is 12.2 Å². The van der Waals surface area contributed by atoms with E-state index in [9.17, 15) is 9.59 Å². The fraction of sp³-hybridized carbons (Fsp3) is 0.846. The van der Waals surface area contributed by atoms with Crippen molar-refractivity contribution in [3.63, 3.8) is 0 Å². The van der Waals surface area contributed by atoms with E-state index < -0.39 is 5.97 Å². The summed E-state index contributed by atoms with van der Waals surface area (Å²) in [5, 5.41) is 11.7. The molecule has 0 aromatic rings. The molecule has 1 aliphatic carbocycles. The molecule has 1 saturated carbocycles. The number of hydrogen-bond acceptors (Lipinski definition) is 3. The van der Waals surface area contributed by atoms with Crippen LogP contribution in [0.5, 0.6) is 0 Å². The van der Waals surface area contributed by atoms with Crippen molar-refractivity contribution < 1.29 is 14.7 Å². The Morgan fingerprint density at radius 2 is 2.11 bits per heavy atom. The van der Waals surface area contributed by atoms with Gasteiger partial charge in [0.25, 0.3) is 0 Å². The lowest BCUT2D eigenvalue weighted by atomic mass is 9.66. The summed E-state index contributed by atoms with van der Waals surface area (Å²) in [4.78, 5) is 22.4. The Kier molecular flexibility index (Phi) is 6.54. The molecule has 0 radical (unpaired) electrons. The van der Waals surface area contributed by atoms with Crippen LogP contribution < -0.4 is 5.32 Å². The number of unbranched alkanes of at least 4 members (excludes halogenated alkanes) is 1. The van der Waals surface area contributed by atoms with E-state index in [-0.39, 0.29) is 17.7 Å². The van der Waals surface area contributed by atoms with Gasteiger partial charge in [0.2, 0.25) is 5.91 Å². The summed E-state index contributed by atoms with van der Waals surface area (Å²) in [7, 11) is 0. The summed E-state index contributed by atoms with van der Waals surface area (Å²) < 4.78 is 0. The van der Waals surface area contributed by atoms with Crippen molar-refractivity contribution in [2.45, 2.75) is 45.4 Å². The standard InChI is InChI=1S/C13H23NO3S/c1-2-3-7-18-9-11(15)14-10-13(5-4-6-13)8-12(16)17/h2-10H2,1H3,(H,14,15)(H,16,17). The van der Waals surface area contributed by atoms with Crippen LogP contribution in [0.2, 0.25) is 0 Å². The Bertz CT molecular complexity index is 290. The number of carbonyl (C=O) groups is 2. The third kappa shape index (κ3) is 5.29. The van der Waals surface area contributed by atoms with Crippen molar-refractivity contribution in [1.29, 1.82) is 0 Å². The van der Waals surface area contributed by atoms with Crippen LogP contribution in [-0.2, 0) is 9.59 Å². The molecule has 5 heteroatoms. The van der Waals surface area contributed by atoms with Crippen molar-refractivity contribution in [3.8, 4) is 0 Å². The van der Waals surface area contributed by atoms with Gasteiger partial charge in [-0.05, 0) is 30.4 Å². The maximum absolute atomic E-state index is 11.6. The fourth-order valence-electron chi connectivity index (χ4n) is 2.16. The Morgan fingerprint density at radius 1 is 1.39 bits per heavy atom. The quantitative estimate of drug-likeness (QED) is 0.633. The van der Waals surface area contributed by atoms with E-state index in [1.807, 2.05) is 0 Å². The molecular weight excluding hydrogens is 250 g/mol. The molecule has 4 nitrogen and oxygen atoms in total. The lowest BCUT2D eigenvalue weighted by molar-refractivity contribution is -0.141. The van der Waals surface area contributed by atoms with E-state index in [0.717, 1.165) is 37.9 Å². The minimum absolute atomic E-state index is 0.0350. The predicted molar refractivity (Wildman–Crippen MR) is 73.8 cm³/mol. The van der Waals surface area contributed by atoms with Crippen LogP contribution in [0.3, 0.4) is 0 Å². The highest BCUT2D eigenvalue weighted by atomic mass is 32.2. The topological polar surface area (TPSA) is 66.4 Å². The Hall–Kier alpha value is -0.710. The van der Waals surface area contributed by atoms with Gasteiger partial charge in [-0.15, -0.1) is 0 Å². The molecule has 0 atom stereocenters. The molecule has 0 unspecified atom stereocenters. The number of carboxylic acid groups (broad SMARTS) is 1. The van der Waals surface area contributed by atoms with Crippen molar-refractivity contribution >= 4 is 23.6 Å². The Balaban J connectivity index is 2.18. The summed E-state index contributed by atoms with van der Waals surface area (Å²) >= 11 is 1.65. The highest BCUT2D eigenvalue weighted by molar-refractivity contribution is 7.99. The van der Waals surface area contributed by atoms with Crippen LogP contribution in [0, 0.1) is 5.41 Å². The van der Waals surface area contributed by atoms with Crippen LogP contribution in [-0.4, -0.2) is 35.0 Å². The molecule has 1 rings (SSSR count). The number of hydrogen-bond donors (Lipinski definition) is 2. The number of nitrogens with one attached hydrogen (secondary N) is 1. The van der Waals surface area contributed by atoms with Gasteiger partial charge in [0, 0.05) is 6.54 Å². The van der Waals surface area contributed by atoms with Crippen LogP contribution in [0.4, 0.5) is 0 Å². The van der Waals surface area contributed by atoms with Crippen LogP contribution in [0.15, 0.2) is 0 Å². The third-order valence-electron chi connectivity index (χ3n) is 3.48. The Morgan fingerprint density at radius 3 is 2.61 bits per heavy atom. The van der Waals surface area contributed by atoms with Gasteiger partial charge < -0.3 is 10.4 Å². The first-order valence-corrected chi connectivity index (χ1v) is 7.80. The summed E-state index contributed by atoms with van der Waals surface area (Å²) in [6.45, 7) is 2.65. The number of aliphatic carboxylic acids is 1. The van der Waals surface area contributed by atoms with Crippen molar-refractivity contribution in [3.05, 3.63) is 0 Å². The fourth-order valence-corrected chi connectivity index (χ4v) is 3.09. The number of thioether (sulfide) groups is 1. The monoisotopic (exact) mass is 273 g/mol. The summed E-state index contributed by atoms with van der Waals surface area (Å²) in [5.41, 5.74) is -0.171. The van der Waals surface area contributed by atoms with E-state index in [0.29, 0.717) is 12.3 Å². The molecule has 0 aromatic heterocycles. The van der Waals surface area contributed by atoms with Gasteiger partial charge >= 0.3 is 5.97 Å². The maximum Gasteiger partial charge on any atom is 0.303 e. The minimum atomic E-state index is -0.763. The molecule has 0 aromatic carbocycles. The van der Waals surface area contributed by atoms with Gasteiger partial charge in [0.1, 0.15) is 0 Å². The van der Waals surface area contributed by atoms with Crippen molar-refractivity contribution in [1.82, 2.24) is 5.32 Å². The van der Waals surface area contributed by atoms with Gasteiger partial charge in [0.15, 0.2) is 0 Å². The SMILES string of the molecule is CCCCSCC(=O)NCC1(CC(=O)O)CCC1. The van der Waals surface area contributed by atoms with Gasteiger partial charge in [-0.2, -0.15) is 11.8 Å². The second-order valence-corrected chi connectivity index (χ2v) is 6.21. The number of carbonyl (C=O) groups excluding carboxylic acids is 1. The molecule has 0 bridgehead atoms. The first-order valence-electron chi connectivity index (χ1n) is 6.64. The van der Waals surface area contributed by atoms with Crippen LogP contribution in [0.1, 0.15) is 45.4 Å². The number of rotatable bonds is 9. The van der Waals surface area contributed by atoms with E-state index in [4.69, 9.17) is 5.11 Å². The smallest absolute Gasteiger partial charge is 0.303 e. The lowest BCUT2D eigenvalue weighted by Gasteiger charge is -2.40. The average molecular weight is 273 g/mol. The second kappa shape index (κ2) is 7.67. The molecule has 18 heavy (non-hydrogen) atoms. The normalized spacial score (nSPS) is 16.9. The molecule has 0 aliphatic heterocycles. The maximum atomic E-state index is 11.6. The van der Waals surface area contributed by atoms with Crippen molar-refractivity contribution in [2.75, 3.05) is 18.1 Å². The zero-order chi connectivity index (χ0) is 13.4. The van der Waals surface area contributed by atoms with E-state index in [1.165, 1.54) is 0 Å². The Labute approximate surface area is 113 Å². The summed E-state index contributed by atoms with van der Waals surface area (Å²) in [5.74, 6) is 0.780. The second-order valence-electron chi connectivity index (χ2n) is 5.11.